The standard InChI is InChI=1S/C18H18ClFN6O2/c19-13-2-1-3-14(20)15(13)18(27)21-4-5-26-17-12(10-24-26)16(22-11-23-17)25-6-8-28-9-7-25/h1-3,10-11H,4-9H2,(H,21,27). The molecule has 1 fully saturated rings. The maximum absolute atomic E-state index is 13.8. The molecule has 0 spiro atoms. The Kier molecular flexibility index (Phi) is 5.36. The van der Waals surface area contributed by atoms with Crippen LogP contribution < -0.4 is 10.2 Å². The van der Waals surface area contributed by atoms with Crippen LogP contribution in [0.15, 0.2) is 30.7 Å². The van der Waals surface area contributed by atoms with Crippen LogP contribution in [0.4, 0.5) is 10.2 Å². The first-order valence-electron chi connectivity index (χ1n) is 8.86. The third kappa shape index (κ3) is 3.63. The van der Waals surface area contributed by atoms with Crippen molar-refractivity contribution in [2.24, 2.45) is 0 Å². The van der Waals surface area contributed by atoms with E-state index in [0.717, 1.165) is 24.3 Å². The minimum Gasteiger partial charge on any atom is -0.378 e. The summed E-state index contributed by atoms with van der Waals surface area (Å²) in [5, 5.41) is 7.94. The molecule has 0 unspecified atom stereocenters. The molecule has 3 aromatic rings. The lowest BCUT2D eigenvalue weighted by atomic mass is 10.2. The number of rotatable bonds is 5. The van der Waals surface area contributed by atoms with Crippen LogP contribution in [0, 0.1) is 5.82 Å². The van der Waals surface area contributed by atoms with E-state index in [1.54, 1.807) is 10.9 Å². The monoisotopic (exact) mass is 404 g/mol. The number of nitrogens with one attached hydrogen (secondary N) is 1. The van der Waals surface area contributed by atoms with Gasteiger partial charge >= 0.3 is 0 Å². The van der Waals surface area contributed by atoms with Gasteiger partial charge in [-0.05, 0) is 12.1 Å². The molecule has 1 N–H and O–H groups in total. The van der Waals surface area contributed by atoms with Crippen LogP contribution in [0.25, 0.3) is 11.0 Å². The summed E-state index contributed by atoms with van der Waals surface area (Å²) < 4.78 is 20.9. The number of hydrogen-bond acceptors (Lipinski definition) is 6. The summed E-state index contributed by atoms with van der Waals surface area (Å²) in [6, 6.07) is 4.13. The molecule has 1 aliphatic heterocycles. The Morgan fingerprint density at radius 2 is 2.11 bits per heavy atom. The summed E-state index contributed by atoms with van der Waals surface area (Å²) in [5.41, 5.74) is 0.515. The molecule has 8 nitrogen and oxygen atoms in total. The molecule has 1 amide bonds. The number of anilines is 1. The van der Waals surface area contributed by atoms with Crippen molar-refractivity contribution in [1.29, 1.82) is 0 Å². The van der Waals surface area contributed by atoms with Crippen molar-refractivity contribution in [3.05, 3.63) is 47.1 Å². The number of amides is 1. The molecule has 0 radical (unpaired) electrons. The van der Waals surface area contributed by atoms with Crippen LogP contribution in [-0.4, -0.2) is 58.5 Å². The smallest absolute Gasteiger partial charge is 0.255 e. The van der Waals surface area contributed by atoms with Gasteiger partial charge in [0, 0.05) is 19.6 Å². The Hall–Kier alpha value is -2.78. The SMILES string of the molecule is O=C(NCCn1ncc2c(N3CCOCC3)ncnc21)c1c(F)cccc1Cl. The molecule has 0 bridgehead atoms. The van der Waals surface area contributed by atoms with Crippen LogP contribution in [0.1, 0.15) is 10.4 Å². The Morgan fingerprint density at radius 3 is 2.89 bits per heavy atom. The Labute approximate surface area is 165 Å². The minimum absolute atomic E-state index is 0.0740. The maximum Gasteiger partial charge on any atom is 0.255 e. The van der Waals surface area contributed by atoms with E-state index in [1.165, 1.54) is 24.5 Å². The normalized spacial score (nSPS) is 14.4. The van der Waals surface area contributed by atoms with E-state index in [2.05, 4.69) is 25.3 Å². The van der Waals surface area contributed by atoms with Gasteiger partial charge in [-0.3, -0.25) is 4.79 Å². The molecule has 146 valence electrons. The number of morpholine rings is 1. The van der Waals surface area contributed by atoms with Crippen molar-refractivity contribution in [3.8, 4) is 0 Å². The van der Waals surface area contributed by atoms with Gasteiger partial charge in [-0.2, -0.15) is 5.10 Å². The Bertz CT molecular complexity index is 985. The highest BCUT2D eigenvalue weighted by Crippen LogP contribution is 2.23. The summed E-state index contributed by atoms with van der Waals surface area (Å²) in [5.74, 6) is -0.401. The highest BCUT2D eigenvalue weighted by molar-refractivity contribution is 6.33. The number of carbonyl (C=O) groups is 1. The second-order valence-electron chi connectivity index (χ2n) is 6.25. The number of aromatic nitrogens is 4. The highest BCUT2D eigenvalue weighted by atomic mass is 35.5. The lowest BCUT2D eigenvalue weighted by Crippen LogP contribution is -2.36. The number of hydrogen-bond donors (Lipinski definition) is 1. The van der Waals surface area contributed by atoms with Gasteiger partial charge in [0.2, 0.25) is 0 Å². The van der Waals surface area contributed by atoms with Crippen molar-refractivity contribution >= 4 is 34.4 Å². The summed E-state index contributed by atoms with van der Waals surface area (Å²) in [6.45, 7) is 3.46. The number of nitrogens with zero attached hydrogens (tertiary/aromatic N) is 5. The van der Waals surface area contributed by atoms with Gasteiger partial charge in [0.25, 0.3) is 5.91 Å². The minimum atomic E-state index is -0.655. The van der Waals surface area contributed by atoms with Crippen LogP contribution >= 0.6 is 11.6 Å². The molecule has 0 saturated carbocycles. The first-order chi connectivity index (χ1) is 13.6. The quantitative estimate of drug-likeness (QED) is 0.699. The van der Waals surface area contributed by atoms with Crippen LogP contribution in [0.3, 0.4) is 0 Å². The van der Waals surface area contributed by atoms with Gasteiger partial charge in [0.15, 0.2) is 5.65 Å². The van der Waals surface area contributed by atoms with Crippen molar-refractivity contribution < 1.29 is 13.9 Å². The Balaban J connectivity index is 1.46. The third-order valence-electron chi connectivity index (χ3n) is 4.52. The third-order valence-corrected chi connectivity index (χ3v) is 4.84. The van der Waals surface area contributed by atoms with Crippen molar-refractivity contribution in [2.45, 2.75) is 6.54 Å². The van der Waals surface area contributed by atoms with Crippen LogP contribution in [0.5, 0.6) is 0 Å². The molecule has 4 rings (SSSR count). The van der Waals surface area contributed by atoms with Gasteiger partial charge in [0.1, 0.15) is 18.0 Å². The van der Waals surface area contributed by atoms with E-state index < -0.39 is 11.7 Å². The van der Waals surface area contributed by atoms with Crippen molar-refractivity contribution in [1.82, 2.24) is 25.1 Å². The van der Waals surface area contributed by atoms with E-state index in [4.69, 9.17) is 16.3 Å². The first kappa shape index (κ1) is 18.6. The zero-order chi connectivity index (χ0) is 19.5. The zero-order valence-electron chi connectivity index (χ0n) is 14.9. The van der Waals surface area contributed by atoms with Crippen molar-refractivity contribution in [3.63, 3.8) is 0 Å². The van der Waals surface area contributed by atoms with E-state index in [1.807, 2.05) is 0 Å². The first-order valence-corrected chi connectivity index (χ1v) is 9.24. The highest BCUT2D eigenvalue weighted by Gasteiger charge is 2.18. The van der Waals surface area contributed by atoms with E-state index in [0.29, 0.717) is 25.4 Å². The lowest BCUT2D eigenvalue weighted by Gasteiger charge is -2.27. The van der Waals surface area contributed by atoms with E-state index >= 15 is 0 Å². The number of ether oxygens (including phenoxy) is 1. The molecule has 3 heterocycles. The number of benzene rings is 1. The van der Waals surface area contributed by atoms with Gasteiger partial charge in [-0.1, -0.05) is 17.7 Å². The van der Waals surface area contributed by atoms with Gasteiger partial charge in [-0.15, -0.1) is 0 Å². The summed E-state index contributed by atoms with van der Waals surface area (Å²) >= 11 is 5.92. The lowest BCUT2D eigenvalue weighted by molar-refractivity contribution is 0.0948. The predicted molar refractivity (Wildman–Crippen MR) is 102 cm³/mol. The molecular weight excluding hydrogens is 387 g/mol. The van der Waals surface area contributed by atoms with Crippen LogP contribution in [-0.2, 0) is 11.3 Å². The second kappa shape index (κ2) is 8.07. The molecule has 1 aliphatic rings. The number of fused-ring (bicyclic) bond motifs is 1. The van der Waals surface area contributed by atoms with Crippen molar-refractivity contribution in [2.75, 3.05) is 37.7 Å². The molecule has 28 heavy (non-hydrogen) atoms. The number of carbonyl (C=O) groups excluding carboxylic acids is 1. The topological polar surface area (TPSA) is 85.2 Å². The van der Waals surface area contributed by atoms with E-state index in [9.17, 15) is 9.18 Å². The maximum atomic E-state index is 13.8. The van der Waals surface area contributed by atoms with Gasteiger partial charge < -0.3 is 15.0 Å². The summed E-state index contributed by atoms with van der Waals surface area (Å²) in [7, 11) is 0. The van der Waals surface area contributed by atoms with Gasteiger partial charge in [-0.25, -0.2) is 19.0 Å². The molecule has 2 aromatic heterocycles. The molecule has 0 atom stereocenters. The summed E-state index contributed by atoms with van der Waals surface area (Å²) in [4.78, 5) is 23.1. The molecule has 1 aromatic carbocycles. The number of halogens is 2. The Morgan fingerprint density at radius 1 is 1.29 bits per heavy atom. The fraction of sp³-hybridized carbons (Fsp3) is 0.333. The van der Waals surface area contributed by atoms with E-state index in [-0.39, 0.29) is 17.1 Å². The average molecular weight is 405 g/mol. The second-order valence-corrected chi connectivity index (χ2v) is 6.66. The predicted octanol–water partition coefficient (Wildman–Crippen LogP) is 1.89. The molecule has 1 saturated heterocycles. The molecular formula is C18H18ClFN6O2. The van der Waals surface area contributed by atoms with Crippen LogP contribution in [0.2, 0.25) is 5.02 Å². The zero-order valence-corrected chi connectivity index (χ0v) is 15.7. The summed E-state index contributed by atoms with van der Waals surface area (Å²) in [6.07, 6.45) is 3.22. The largest absolute Gasteiger partial charge is 0.378 e. The molecule has 10 heteroatoms. The fourth-order valence-corrected chi connectivity index (χ4v) is 3.40. The average Bonchev–Trinajstić information content (AvgIpc) is 3.12. The fourth-order valence-electron chi connectivity index (χ4n) is 3.15. The van der Waals surface area contributed by atoms with Gasteiger partial charge in [0.05, 0.1) is 41.9 Å². The molecule has 0 aliphatic carbocycles.